The molecule has 1 aliphatic heterocycles. The Kier molecular flexibility index (Phi) is 7.72. The average Bonchev–Trinajstić information content (AvgIpc) is 2.43. The fourth-order valence-corrected chi connectivity index (χ4v) is 3.09. The molecule has 7 heteroatoms. The number of thioether (sulfide) groups is 1. The number of carbonyl (C=O) groups excluding carboxylic acids is 2. The van der Waals surface area contributed by atoms with E-state index in [1.165, 1.54) is 6.92 Å². The fraction of sp³-hybridized carbons (Fsp3) is 0.800. The molecular formula is C15H27N3O3S. The van der Waals surface area contributed by atoms with Crippen LogP contribution >= 0.6 is 11.8 Å². The Hall–Kier alpha value is -1.24. The minimum Gasteiger partial charge on any atom is -0.463 e. The normalized spacial score (nSPS) is 18.3. The number of aliphatic imine (C=N–C) groups is 1. The number of likely N-dealkylation sites (tertiary alicyclic amines) is 1. The van der Waals surface area contributed by atoms with Gasteiger partial charge in [0.25, 0.3) is 0 Å². The van der Waals surface area contributed by atoms with Gasteiger partial charge in [-0.05, 0) is 39.9 Å². The maximum absolute atomic E-state index is 11.9. The highest BCUT2D eigenvalue weighted by atomic mass is 32.2. The van der Waals surface area contributed by atoms with Crippen LogP contribution in [-0.4, -0.2) is 53.6 Å². The fourth-order valence-electron chi connectivity index (χ4n) is 2.39. The van der Waals surface area contributed by atoms with Crippen molar-refractivity contribution < 1.29 is 14.3 Å². The van der Waals surface area contributed by atoms with Crippen molar-refractivity contribution in [3.8, 4) is 0 Å². The number of nitrogens with zero attached hydrogens (tertiary/aromatic N) is 2. The van der Waals surface area contributed by atoms with Crippen LogP contribution in [-0.2, 0) is 14.3 Å². The second-order valence-electron chi connectivity index (χ2n) is 5.74. The van der Waals surface area contributed by atoms with Gasteiger partial charge in [-0.15, -0.1) is 0 Å². The third-order valence-corrected chi connectivity index (χ3v) is 4.08. The first kappa shape index (κ1) is 18.8. The number of hydrogen-bond acceptors (Lipinski definition) is 5. The minimum atomic E-state index is -0.247. The van der Waals surface area contributed by atoms with Gasteiger partial charge < -0.3 is 15.0 Å². The Bertz CT molecular complexity index is 418. The van der Waals surface area contributed by atoms with Gasteiger partial charge in [0.15, 0.2) is 5.17 Å². The molecule has 1 amide bonds. The number of ether oxygens (including phenoxy) is 1. The maximum atomic E-state index is 11.9. The maximum Gasteiger partial charge on any atom is 0.309 e. The number of piperidine rings is 1. The van der Waals surface area contributed by atoms with E-state index in [1.807, 2.05) is 27.0 Å². The molecule has 0 aliphatic carbocycles. The molecule has 1 unspecified atom stereocenters. The number of rotatable bonds is 4. The molecule has 1 fully saturated rings. The van der Waals surface area contributed by atoms with Crippen molar-refractivity contribution in [3.05, 3.63) is 0 Å². The lowest BCUT2D eigenvalue weighted by atomic mass is 9.97. The zero-order chi connectivity index (χ0) is 16.7. The molecule has 0 aromatic rings. The van der Waals surface area contributed by atoms with Gasteiger partial charge in [0.1, 0.15) is 6.17 Å². The number of esters is 1. The van der Waals surface area contributed by atoms with E-state index in [9.17, 15) is 9.59 Å². The Balaban J connectivity index is 2.55. The summed E-state index contributed by atoms with van der Waals surface area (Å²) in [5.41, 5.74) is 0. The molecule has 126 valence electrons. The summed E-state index contributed by atoms with van der Waals surface area (Å²) in [5, 5.41) is 3.65. The Labute approximate surface area is 137 Å². The standard InChI is InChI=1S/C15H27N3O3S/c1-10(2)21-14(20)13-6-8-18(9-7-13)15(22-5)17-11(3)16-12(4)19/h10-11,13H,6-9H2,1-5H3,(H,16,19). The molecule has 1 N–H and O–H groups in total. The molecule has 0 radical (unpaired) electrons. The molecule has 1 heterocycles. The van der Waals surface area contributed by atoms with Gasteiger partial charge in [-0.2, -0.15) is 0 Å². The Morgan fingerprint density at radius 3 is 2.32 bits per heavy atom. The Morgan fingerprint density at radius 2 is 1.86 bits per heavy atom. The predicted molar refractivity (Wildman–Crippen MR) is 89.8 cm³/mol. The van der Waals surface area contributed by atoms with Gasteiger partial charge >= 0.3 is 5.97 Å². The van der Waals surface area contributed by atoms with E-state index in [-0.39, 0.29) is 30.1 Å². The molecule has 1 saturated heterocycles. The van der Waals surface area contributed by atoms with Crippen LogP contribution in [0, 0.1) is 5.92 Å². The van der Waals surface area contributed by atoms with Crippen molar-refractivity contribution in [2.24, 2.45) is 10.9 Å². The van der Waals surface area contributed by atoms with Crippen LogP contribution in [0.25, 0.3) is 0 Å². The first-order valence-electron chi connectivity index (χ1n) is 7.67. The molecule has 1 atom stereocenters. The van der Waals surface area contributed by atoms with Crippen LogP contribution in [0.15, 0.2) is 4.99 Å². The van der Waals surface area contributed by atoms with Crippen molar-refractivity contribution >= 4 is 28.8 Å². The highest BCUT2D eigenvalue weighted by Gasteiger charge is 2.28. The van der Waals surface area contributed by atoms with E-state index in [0.717, 1.165) is 31.1 Å². The number of amidine groups is 1. The van der Waals surface area contributed by atoms with Gasteiger partial charge in [-0.25, -0.2) is 4.99 Å². The van der Waals surface area contributed by atoms with Gasteiger partial charge in [-0.1, -0.05) is 11.8 Å². The van der Waals surface area contributed by atoms with Crippen LogP contribution in [0.4, 0.5) is 0 Å². The van der Waals surface area contributed by atoms with Gasteiger partial charge in [0, 0.05) is 20.0 Å². The summed E-state index contributed by atoms with van der Waals surface area (Å²) in [4.78, 5) is 29.7. The van der Waals surface area contributed by atoms with Crippen LogP contribution in [0.5, 0.6) is 0 Å². The molecule has 0 bridgehead atoms. The number of nitrogens with one attached hydrogen (secondary N) is 1. The molecule has 0 aromatic heterocycles. The van der Waals surface area contributed by atoms with Crippen molar-refractivity contribution in [1.29, 1.82) is 0 Å². The van der Waals surface area contributed by atoms with E-state index in [2.05, 4.69) is 15.2 Å². The summed E-state index contributed by atoms with van der Waals surface area (Å²) in [7, 11) is 0. The first-order valence-corrected chi connectivity index (χ1v) is 8.90. The smallest absolute Gasteiger partial charge is 0.309 e. The second kappa shape index (κ2) is 9.02. The molecular weight excluding hydrogens is 302 g/mol. The third kappa shape index (κ3) is 6.25. The van der Waals surface area contributed by atoms with Crippen LogP contribution in [0.2, 0.25) is 0 Å². The summed E-state index contributed by atoms with van der Waals surface area (Å²) in [6.07, 6.45) is 3.22. The quantitative estimate of drug-likeness (QED) is 0.484. The zero-order valence-electron chi connectivity index (χ0n) is 14.1. The predicted octanol–water partition coefficient (Wildman–Crippen LogP) is 1.85. The molecule has 0 spiro atoms. The molecule has 22 heavy (non-hydrogen) atoms. The minimum absolute atomic E-state index is 0.0190. The van der Waals surface area contributed by atoms with Crippen molar-refractivity contribution in [3.63, 3.8) is 0 Å². The summed E-state index contributed by atoms with van der Waals surface area (Å²) in [5.74, 6) is -0.203. The SMILES string of the molecule is CSC(=NC(C)NC(C)=O)N1CCC(C(=O)OC(C)C)CC1. The largest absolute Gasteiger partial charge is 0.463 e. The Morgan fingerprint density at radius 1 is 1.27 bits per heavy atom. The van der Waals surface area contributed by atoms with E-state index >= 15 is 0 Å². The monoisotopic (exact) mass is 329 g/mol. The third-order valence-electron chi connectivity index (χ3n) is 3.35. The highest BCUT2D eigenvalue weighted by molar-refractivity contribution is 8.13. The van der Waals surface area contributed by atoms with Gasteiger partial charge in [-0.3, -0.25) is 9.59 Å². The summed E-state index contributed by atoms with van der Waals surface area (Å²) >= 11 is 1.56. The summed E-state index contributed by atoms with van der Waals surface area (Å²) < 4.78 is 5.28. The highest BCUT2D eigenvalue weighted by Crippen LogP contribution is 2.22. The topological polar surface area (TPSA) is 71.0 Å². The lowest BCUT2D eigenvalue weighted by Gasteiger charge is -2.33. The second-order valence-corrected chi connectivity index (χ2v) is 6.51. The van der Waals surface area contributed by atoms with Crippen molar-refractivity contribution in [2.45, 2.75) is 52.8 Å². The van der Waals surface area contributed by atoms with E-state index < -0.39 is 0 Å². The van der Waals surface area contributed by atoms with E-state index in [0.29, 0.717) is 0 Å². The number of hydrogen-bond donors (Lipinski definition) is 1. The molecule has 0 aromatic carbocycles. The lowest BCUT2D eigenvalue weighted by molar-refractivity contribution is -0.153. The number of carbonyl (C=O) groups is 2. The van der Waals surface area contributed by atoms with Gasteiger partial charge in [0.05, 0.1) is 12.0 Å². The average molecular weight is 329 g/mol. The van der Waals surface area contributed by atoms with Crippen LogP contribution in [0.3, 0.4) is 0 Å². The van der Waals surface area contributed by atoms with Crippen LogP contribution in [0.1, 0.15) is 40.5 Å². The van der Waals surface area contributed by atoms with Crippen LogP contribution < -0.4 is 5.32 Å². The summed E-state index contributed by atoms with van der Waals surface area (Å²) in [6, 6.07) is 0. The molecule has 6 nitrogen and oxygen atoms in total. The van der Waals surface area contributed by atoms with E-state index in [4.69, 9.17) is 4.74 Å². The molecule has 1 rings (SSSR count). The lowest BCUT2D eigenvalue weighted by Crippen LogP contribution is -2.41. The molecule has 1 aliphatic rings. The van der Waals surface area contributed by atoms with Crippen molar-refractivity contribution in [2.75, 3.05) is 19.3 Å². The van der Waals surface area contributed by atoms with Crippen molar-refractivity contribution in [1.82, 2.24) is 10.2 Å². The summed E-state index contributed by atoms with van der Waals surface area (Å²) in [6.45, 7) is 8.64. The zero-order valence-corrected chi connectivity index (χ0v) is 14.9. The molecule has 0 saturated carbocycles. The number of amides is 1. The van der Waals surface area contributed by atoms with Gasteiger partial charge in [0.2, 0.25) is 5.91 Å². The first-order chi connectivity index (χ1) is 10.3. The van der Waals surface area contributed by atoms with E-state index in [1.54, 1.807) is 11.8 Å².